The van der Waals surface area contributed by atoms with Crippen molar-refractivity contribution in [3.05, 3.63) is 77.3 Å². The monoisotopic (exact) mass is 386 g/mol. The van der Waals surface area contributed by atoms with Crippen molar-refractivity contribution < 1.29 is 13.2 Å². The summed E-state index contributed by atoms with van der Waals surface area (Å²) < 4.78 is 39.9. The van der Waals surface area contributed by atoms with Gasteiger partial charge < -0.3 is 5.73 Å². The first-order valence-corrected chi connectivity index (χ1v) is 8.91. The standard InChI is InChI=1S/C19H13F3N4S/c20-19(21,22)18-25-16(15(23)13-8-4-5-9-24-13)14-12(10-27-17(14)26-18)11-6-2-1-3-7-11/h1-10,15H,23H2. The molecule has 1 unspecified atom stereocenters. The average molecular weight is 386 g/mol. The fraction of sp³-hybridized carbons (Fsp3) is 0.105. The predicted octanol–water partition coefficient (Wildman–Crippen LogP) is 4.82. The second kappa shape index (κ2) is 6.71. The molecule has 0 saturated heterocycles. The van der Waals surface area contributed by atoms with Gasteiger partial charge in [-0.15, -0.1) is 11.3 Å². The van der Waals surface area contributed by atoms with Crippen molar-refractivity contribution >= 4 is 21.6 Å². The summed E-state index contributed by atoms with van der Waals surface area (Å²) in [7, 11) is 0. The lowest BCUT2D eigenvalue weighted by Crippen LogP contribution is -2.19. The molecular formula is C19H13F3N4S. The number of thiophene rings is 1. The van der Waals surface area contributed by atoms with Gasteiger partial charge in [0.25, 0.3) is 0 Å². The first kappa shape index (κ1) is 17.6. The van der Waals surface area contributed by atoms with Crippen LogP contribution in [0.1, 0.15) is 23.3 Å². The number of halogens is 3. The Kier molecular flexibility index (Phi) is 4.37. The van der Waals surface area contributed by atoms with Crippen molar-refractivity contribution in [3.8, 4) is 11.1 Å². The lowest BCUT2D eigenvalue weighted by Gasteiger charge is -2.15. The number of alkyl halides is 3. The number of benzene rings is 1. The van der Waals surface area contributed by atoms with Crippen molar-refractivity contribution in [2.24, 2.45) is 5.73 Å². The Labute approximate surface area is 156 Å². The number of pyridine rings is 1. The fourth-order valence-corrected chi connectivity index (χ4v) is 3.81. The molecule has 0 aliphatic rings. The summed E-state index contributed by atoms with van der Waals surface area (Å²) >= 11 is 1.14. The summed E-state index contributed by atoms with van der Waals surface area (Å²) in [5.41, 5.74) is 8.46. The van der Waals surface area contributed by atoms with E-state index in [1.807, 2.05) is 30.3 Å². The number of hydrogen-bond acceptors (Lipinski definition) is 5. The largest absolute Gasteiger partial charge is 0.451 e. The zero-order chi connectivity index (χ0) is 19.0. The summed E-state index contributed by atoms with van der Waals surface area (Å²) in [4.78, 5) is 12.0. The molecule has 3 aromatic heterocycles. The highest BCUT2D eigenvalue weighted by Crippen LogP contribution is 2.39. The van der Waals surface area contributed by atoms with Gasteiger partial charge in [0.15, 0.2) is 0 Å². The molecule has 2 N–H and O–H groups in total. The van der Waals surface area contributed by atoms with E-state index in [9.17, 15) is 13.2 Å². The van der Waals surface area contributed by atoms with Gasteiger partial charge >= 0.3 is 6.18 Å². The smallest absolute Gasteiger partial charge is 0.318 e. The molecule has 136 valence electrons. The van der Waals surface area contributed by atoms with E-state index in [1.165, 1.54) is 0 Å². The second-order valence-electron chi connectivity index (χ2n) is 5.86. The quantitative estimate of drug-likeness (QED) is 0.548. The molecule has 0 saturated carbocycles. The molecule has 1 aromatic carbocycles. The van der Waals surface area contributed by atoms with Crippen molar-refractivity contribution in [1.82, 2.24) is 15.0 Å². The van der Waals surface area contributed by atoms with Crippen molar-refractivity contribution in [2.75, 3.05) is 0 Å². The highest BCUT2D eigenvalue weighted by Gasteiger charge is 2.37. The van der Waals surface area contributed by atoms with Gasteiger partial charge in [-0.05, 0) is 17.7 Å². The highest BCUT2D eigenvalue weighted by atomic mass is 32.1. The van der Waals surface area contributed by atoms with Crippen LogP contribution in [-0.4, -0.2) is 15.0 Å². The lowest BCUT2D eigenvalue weighted by atomic mass is 10.0. The normalized spacial score (nSPS) is 13.0. The predicted molar refractivity (Wildman–Crippen MR) is 98.1 cm³/mol. The summed E-state index contributed by atoms with van der Waals surface area (Å²) in [5, 5.41) is 2.31. The van der Waals surface area contributed by atoms with Crippen molar-refractivity contribution in [2.45, 2.75) is 12.2 Å². The number of hydrogen-bond donors (Lipinski definition) is 1. The van der Waals surface area contributed by atoms with Crippen LogP contribution in [0.4, 0.5) is 13.2 Å². The Morgan fingerprint density at radius 2 is 1.70 bits per heavy atom. The molecule has 4 aromatic rings. The van der Waals surface area contributed by atoms with Crippen LogP contribution in [0.2, 0.25) is 0 Å². The van der Waals surface area contributed by atoms with Crippen molar-refractivity contribution in [1.29, 1.82) is 0 Å². The van der Waals surface area contributed by atoms with Gasteiger partial charge in [-0.3, -0.25) is 4.98 Å². The Morgan fingerprint density at radius 1 is 0.963 bits per heavy atom. The van der Waals surface area contributed by atoms with Crippen LogP contribution in [0, 0.1) is 0 Å². The molecule has 0 radical (unpaired) electrons. The maximum Gasteiger partial charge on any atom is 0.451 e. The Balaban J connectivity index is 2.00. The van der Waals surface area contributed by atoms with E-state index in [-0.39, 0.29) is 10.5 Å². The fourth-order valence-electron chi connectivity index (χ4n) is 2.85. The second-order valence-corrected chi connectivity index (χ2v) is 6.72. The molecule has 0 aliphatic carbocycles. The molecule has 4 nitrogen and oxygen atoms in total. The van der Waals surface area contributed by atoms with E-state index in [1.54, 1.807) is 29.8 Å². The zero-order valence-electron chi connectivity index (χ0n) is 13.8. The Bertz CT molecular complexity index is 1080. The number of fused-ring (bicyclic) bond motifs is 1. The van der Waals surface area contributed by atoms with Gasteiger partial charge in [0, 0.05) is 22.5 Å². The average Bonchev–Trinajstić information content (AvgIpc) is 3.11. The Morgan fingerprint density at radius 3 is 2.37 bits per heavy atom. The van der Waals surface area contributed by atoms with Gasteiger partial charge in [0.1, 0.15) is 4.83 Å². The van der Waals surface area contributed by atoms with E-state index in [0.717, 1.165) is 22.5 Å². The molecule has 0 spiro atoms. The molecular weight excluding hydrogens is 373 g/mol. The van der Waals surface area contributed by atoms with Crippen LogP contribution in [-0.2, 0) is 6.18 Å². The third-order valence-corrected chi connectivity index (χ3v) is 4.97. The Hall–Kier alpha value is -2.84. The van der Waals surface area contributed by atoms with Crippen LogP contribution >= 0.6 is 11.3 Å². The number of nitrogens with zero attached hydrogens (tertiary/aromatic N) is 3. The van der Waals surface area contributed by atoms with Gasteiger partial charge in [0.2, 0.25) is 5.82 Å². The molecule has 4 rings (SSSR count). The summed E-state index contributed by atoms with van der Waals surface area (Å²) in [6, 6.07) is 13.6. The van der Waals surface area contributed by atoms with Gasteiger partial charge in [-0.25, -0.2) is 9.97 Å². The minimum absolute atomic E-state index is 0.117. The molecule has 0 fully saturated rings. The van der Waals surface area contributed by atoms with Gasteiger partial charge in [-0.2, -0.15) is 13.2 Å². The topological polar surface area (TPSA) is 64.7 Å². The van der Waals surface area contributed by atoms with Crippen LogP contribution < -0.4 is 5.73 Å². The van der Waals surface area contributed by atoms with E-state index >= 15 is 0 Å². The molecule has 8 heteroatoms. The van der Waals surface area contributed by atoms with Gasteiger partial charge in [0.05, 0.1) is 17.4 Å². The molecule has 0 amide bonds. The van der Waals surface area contributed by atoms with Gasteiger partial charge in [-0.1, -0.05) is 36.4 Å². The summed E-state index contributed by atoms with van der Waals surface area (Å²) in [6.45, 7) is 0. The third-order valence-electron chi connectivity index (χ3n) is 4.10. The lowest BCUT2D eigenvalue weighted by molar-refractivity contribution is -0.144. The van der Waals surface area contributed by atoms with E-state index in [2.05, 4.69) is 15.0 Å². The van der Waals surface area contributed by atoms with Crippen LogP contribution in [0.3, 0.4) is 0 Å². The highest BCUT2D eigenvalue weighted by molar-refractivity contribution is 7.17. The molecule has 0 aliphatic heterocycles. The first-order valence-electron chi connectivity index (χ1n) is 8.03. The first-order chi connectivity index (χ1) is 12.9. The molecule has 3 heterocycles. The minimum atomic E-state index is -4.66. The summed E-state index contributed by atoms with van der Waals surface area (Å²) in [5.74, 6) is -1.20. The van der Waals surface area contributed by atoms with Crippen molar-refractivity contribution in [3.63, 3.8) is 0 Å². The maximum absolute atomic E-state index is 13.3. The third kappa shape index (κ3) is 3.29. The molecule has 1 atom stereocenters. The van der Waals surface area contributed by atoms with Crippen LogP contribution in [0.5, 0.6) is 0 Å². The summed E-state index contributed by atoms with van der Waals surface area (Å²) in [6.07, 6.45) is -3.12. The van der Waals surface area contributed by atoms with E-state index in [0.29, 0.717) is 11.1 Å². The SMILES string of the molecule is NC(c1ccccn1)c1nc(C(F)(F)F)nc2scc(-c3ccccc3)c12. The van der Waals surface area contributed by atoms with Crippen LogP contribution in [0.15, 0.2) is 60.1 Å². The van der Waals surface area contributed by atoms with Crippen LogP contribution in [0.25, 0.3) is 21.3 Å². The van der Waals surface area contributed by atoms with E-state index in [4.69, 9.17) is 5.73 Å². The molecule has 27 heavy (non-hydrogen) atoms. The molecule has 0 bridgehead atoms. The minimum Gasteiger partial charge on any atom is -0.318 e. The number of aromatic nitrogens is 3. The maximum atomic E-state index is 13.3. The van der Waals surface area contributed by atoms with E-state index < -0.39 is 18.0 Å². The zero-order valence-corrected chi connectivity index (χ0v) is 14.6. The number of rotatable bonds is 3. The number of nitrogens with two attached hydrogens (primary N) is 1.